The van der Waals surface area contributed by atoms with Crippen LogP contribution >= 0.6 is 23.2 Å². The van der Waals surface area contributed by atoms with Crippen LogP contribution in [0.25, 0.3) is 10.9 Å². The zero-order valence-electron chi connectivity index (χ0n) is 11.1. The summed E-state index contributed by atoms with van der Waals surface area (Å²) >= 11 is 11.9. The molecule has 1 aromatic carbocycles. The molecule has 0 aliphatic rings. The molecule has 0 saturated carbocycles. The van der Waals surface area contributed by atoms with Crippen LogP contribution in [0, 0.1) is 6.92 Å². The Balaban J connectivity index is 1.99. The maximum atomic E-state index is 12.5. The molecule has 6 heteroatoms. The van der Waals surface area contributed by atoms with E-state index < -0.39 is 0 Å². The first-order valence-corrected chi connectivity index (χ1v) is 7.02. The van der Waals surface area contributed by atoms with E-state index >= 15 is 0 Å². The number of rotatable bonds is 2. The van der Waals surface area contributed by atoms with E-state index in [4.69, 9.17) is 23.2 Å². The summed E-state index contributed by atoms with van der Waals surface area (Å²) in [5.41, 5.74) is 2.55. The molecule has 0 aliphatic heterocycles. The molecule has 2 heterocycles. The summed E-state index contributed by atoms with van der Waals surface area (Å²) < 4.78 is 0. The van der Waals surface area contributed by atoms with Crippen molar-refractivity contribution in [3.63, 3.8) is 0 Å². The van der Waals surface area contributed by atoms with Gasteiger partial charge in [0.15, 0.2) is 5.15 Å². The summed E-state index contributed by atoms with van der Waals surface area (Å²) in [7, 11) is 0. The number of amides is 1. The zero-order chi connectivity index (χ0) is 15.0. The van der Waals surface area contributed by atoms with E-state index in [0.29, 0.717) is 16.4 Å². The van der Waals surface area contributed by atoms with Crippen LogP contribution in [0.15, 0.2) is 36.5 Å². The van der Waals surface area contributed by atoms with Gasteiger partial charge in [-0.25, -0.2) is 4.98 Å². The van der Waals surface area contributed by atoms with Crippen LogP contribution in [0.1, 0.15) is 15.9 Å². The number of aromatic nitrogens is 2. The fraction of sp³-hybridized carbons (Fsp3) is 0.0667. The number of para-hydroxylation sites is 1. The van der Waals surface area contributed by atoms with E-state index in [0.717, 1.165) is 16.5 Å². The van der Waals surface area contributed by atoms with Crippen molar-refractivity contribution in [1.82, 2.24) is 9.97 Å². The first kappa shape index (κ1) is 13.9. The predicted octanol–water partition coefficient (Wildman–Crippen LogP) is 4.43. The monoisotopic (exact) mass is 319 g/mol. The SMILES string of the molecule is Cc1cc(Cl)nc(Cl)c1NC(=O)c1cccc2cc[nH]c12. The summed E-state index contributed by atoms with van der Waals surface area (Å²) in [6, 6.07) is 9.08. The van der Waals surface area contributed by atoms with Crippen LogP contribution in [0.4, 0.5) is 5.69 Å². The highest BCUT2D eigenvalue weighted by atomic mass is 35.5. The minimum Gasteiger partial charge on any atom is -0.361 e. The number of carbonyl (C=O) groups excluding carboxylic acids is 1. The Bertz CT molecular complexity index is 819. The minimum absolute atomic E-state index is 0.173. The van der Waals surface area contributed by atoms with Gasteiger partial charge in [-0.3, -0.25) is 4.79 Å². The van der Waals surface area contributed by atoms with E-state index in [1.54, 1.807) is 18.3 Å². The molecule has 2 N–H and O–H groups in total. The number of benzene rings is 1. The van der Waals surface area contributed by atoms with Gasteiger partial charge in [0.1, 0.15) is 5.15 Å². The van der Waals surface area contributed by atoms with Crippen LogP contribution in [-0.2, 0) is 0 Å². The summed E-state index contributed by atoms with van der Waals surface area (Å²) in [5.74, 6) is -0.253. The van der Waals surface area contributed by atoms with Crippen molar-refractivity contribution in [1.29, 1.82) is 0 Å². The molecule has 21 heavy (non-hydrogen) atoms. The molecule has 4 nitrogen and oxygen atoms in total. The second-order valence-electron chi connectivity index (χ2n) is 4.63. The number of nitrogens with one attached hydrogen (secondary N) is 2. The lowest BCUT2D eigenvalue weighted by molar-refractivity contribution is 0.102. The van der Waals surface area contributed by atoms with Crippen molar-refractivity contribution in [3.05, 3.63) is 58.0 Å². The molecular formula is C15H11Cl2N3O. The maximum Gasteiger partial charge on any atom is 0.257 e. The zero-order valence-corrected chi connectivity index (χ0v) is 12.6. The number of pyridine rings is 1. The average molecular weight is 320 g/mol. The van der Waals surface area contributed by atoms with Crippen molar-refractivity contribution in [2.24, 2.45) is 0 Å². The molecule has 1 amide bonds. The second-order valence-corrected chi connectivity index (χ2v) is 5.37. The number of anilines is 1. The first-order valence-electron chi connectivity index (χ1n) is 6.26. The van der Waals surface area contributed by atoms with Gasteiger partial charge in [-0.05, 0) is 30.7 Å². The quantitative estimate of drug-likeness (QED) is 0.686. The lowest BCUT2D eigenvalue weighted by Gasteiger charge is -2.10. The Morgan fingerprint density at radius 1 is 1.29 bits per heavy atom. The van der Waals surface area contributed by atoms with Crippen LogP contribution in [0.2, 0.25) is 10.3 Å². The Kier molecular flexibility index (Phi) is 3.57. The molecular weight excluding hydrogens is 309 g/mol. The summed E-state index contributed by atoms with van der Waals surface area (Å²) in [6.45, 7) is 1.81. The molecule has 3 aromatic rings. The van der Waals surface area contributed by atoms with Gasteiger partial charge in [0.05, 0.1) is 16.8 Å². The number of hydrogen-bond acceptors (Lipinski definition) is 2. The Labute approximate surface area is 131 Å². The summed E-state index contributed by atoms with van der Waals surface area (Å²) in [6.07, 6.45) is 1.80. The predicted molar refractivity (Wildman–Crippen MR) is 85.2 cm³/mol. The Morgan fingerprint density at radius 2 is 2.10 bits per heavy atom. The summed E-state index contributed by atoms with van der Waals surface area (Å²) in [5, 5.41) is 4.23. The van der Waals surface area contributed by atoms with Gasteiger partial charge in [-0.1, -0.05) is 35.3 Å². The highest BCUT2D eigenvalue weighted by Crippen LogP contribution is 2.27. The number of halogens is 2. The maximum absolute atomic E-state index is 12.5. The first-order chi connectivity index (χ1) is 10.1. The number of H-pyrrole nitrogens is 1. The Morgan fingerprint density at radius 3 is 2.86 bits per heavy atom. The highest BCUT2D eigenvalue weighted by molar-refractivity contribution is 6.35. The van der Waals surface area contributed by atoms with E-state index in [9.17, 15) is 4.79 Å². The summed E-state index contributed by atoms with van der Waals surface area (Å²) in [4.78, 5) is 19.5. The number of aromatic amines is 1. The lowest BCUT2D eigenvalue weighted by atomic mass is 10.1. The molecule has 3 rings (SSSR count). The number of aryl methyl sites for hydroxylation is 1. The fourth-order valence-corrected chi connectivity index (χ4v) is 2.78. The molecule has 0 spiro atoms. The van der Waals surface area contributed by atoms with Crippen molar-refractivity contribution >= 4 is 45.7 Å². The molecule has 0 aliphatic carbocycles. The highest BCUT2D eigenvalue weighted by Gasteiger charge is 2.15. The van der Waals surface area contributed by atoms with Crippen LogP contribution in [0.3, 0.4) is 0 Å². The fourth-order valence-electron chi connectivity index (χ4n) is 2.20. The number of carbonyl (C=O) groups is 1. The second kappa shape index (κ2) is 5.39. The average Bonchev–Trinajstić information content (AvgIpc) is 2.90. The number of fused-ring (bicyclic) bond motifs is 1. The molecule has 2 aromatic heterocycles. The van der Waals surface area contributed by atoms with Gasteiger partial charge < -0.3 is 10.3 Å². The molecule has 0 radical (unpaired) electrons. The van der Waals surface area contributed by atoms with E-state index in [1.807, 2.05) is 25.1 Å². The van der Waals surface area contributed by atoms with Gasteiger partial charge in [0.2, 0.25) is 0 Å². The van der Waals surface area contributed by atoms with Gasteiger partial charge >= 0.3 is 0 Å². The topological polar surface area (TPSA) is 57.8 Å². The lowest BCUT2D eigenvalue weighted by Crippen LogP contribution is -2.14. The normalized spacial score (nSPS) is 10.8. The molecule has 0 bridgehead atoms. The van der Waals surface area contributed by atoms with E-state index in [2.05, 4.69) is 15.3 Å². The van der Waals surface area contributed by atoms with Gasteiger partial charge in [0.25, 0.3) is 5.91 Å². The standard InChI is InChI=1S/C15H11Cl2N3O/c1-8-7-11(16)19-14(17)12(8)20-15(21)10-4-2-3-9-5-6-18-13(9)10/h2-7,18H,1H3,(H,20,21). The van der Waals surface area contributed by atoms with Crippen molar-refractivity contribution in [2.45, 2.75) is 6.92 Å². The molecule has 0 saturated heterocycles. The smallest absolute Gasteiger partial charge is 0.257 e. The molecule has 0 unspecified atom stereocenters. The molecule has 0 fully saturated rings. The third-order valence-corrected chi connectivity index (χ3v) is 3.68. The largest absolute Gasteiger partial charge is 0.361 e. The van der Waals surface area contributed by atoms with Gasteiger partial charge in [-0.15, -0.1) is 0 Å². The third-order valence-electron chi connectivity index (χ3n) is 3.21. The van der Waals surface area contributed by atoms with Crippen molar-refractivity contribution < 1.29 is 4.79 Å². The van der Waals surface area contributed by atoms with E-state index in [1.165, 1.54) is 0 Å². The molecule has 0 atom stereocenters. The van der Waals surface area contributed by atoms with E-state index in [-0.39, 0.29) is 11.1 Å². The van der Waals surface area contributed by atoms with Gasteiger partial charge in [0, 0.05) is 11.6 Å². The van der Waals surface area contributed by atoms with Gasteiger partial charge in [-0.2, -0.15) is 0 Å². The van der Waals surface area contributed by atoms with Crippen LogP contribution in [-0.4, -0.2) is 15.9 Å². The number of nitrogens with zero attached hydrogens (tertiary/aromatic N) is 1. The third kappa shape index (κ3) is 2.60. The minimum atomic E-state index is -0.253. The van der Waals surface area contributed by atoms with Crippen molar-refractivity contribution in [3.8, 4) is 0 Å². The van der Waals surface area contributed by atoms with Crippen molar-refractivity contribution in [2.75, 3.05) is 5.32 Å². The number of hydrogen-bond donors (Lipinski definition) is 2. The van der Waals surface area contributed by atoms with Crippen LogP contribution < -0.4 is 5.32 Å². The Hall–Kier alpha value is -2.04. The molecule has 106 valence electrons. The van der Waals surface area contributed by atoms with Crippen LogP contribution in [0.5, 0.6) is 0 Å².